The highest BCUT2D eigenvalue weighted by molar-refractivity contribution is 6.30. The van der Waals surface area contributed by atoms with Crippen LogP contribution in [0, 0.1) is 0 Å². The van der Waals surface area contributed by atoms with E-state index in [-0.39, 0.29) is 12.2 Å². The van der Waals surface area contributed by atoms with Gasteiger partial charge in [0.25, 0.3) is 0 Å². The number of carbonyl (C=O) groups is 2. The van der Waals surface area contributed by atoms with Crippen molar-refractivity contribution in [1.29, 1.82) is 0 Å². The van der Waals surface area contributed by atoms with Crippen LogP contribution in [0.25, 0.3) is 0 Å². The largest absolute Gasteiger partial charge is 0.416 e. The summed E-state index contributed by atoms with van der Waals surface area (Å²) >= 11 is 6.01. The average Bonchev–Trinajstić information content (AvgIpc) is 2.59. The summed E-state index contributed by atoms with van der Waals surface area (Å²) in [5.41, 5.74) is -0.0332. The van der Waals surface area contributed by atoms with Crippen LogP contribution < -0.4 is 10.6 Å². The predicted molar refractivity (Wildman–Crippen MR) is 88.1 cm³/mol. The number of halogens is 4. The van der Waals surface area contributed by atoms with Crippen molar-refractivity contribution < 1.29 is 22.8 Å². The SMILES string of the molecule is O=C(CNC(=O)C(Cl)c1ccccc1)Nc1ccc(C(F)(F)F)cc1. The molecule has 2 rings (SSSR count). The molecule has 0 saturated heterocycles. The van der Waals surface area contributed by atoms with Crippen LogP contribution in [-0.4, -0.2) is 18.4 Å². The molecule has 2 N–H and O–H groups in total. The molecule has 0 aliphatic rings. The normalized spacial score (nSPS) is 12.3. The van der Waals surface area contributed by atoms with Crippen molar-refractivity contribution in [2.75, 3.05) is 11.9 Å². The Bertz CT molecular complexity index is 734. The summed E-state index contributed by atoms with van der Waals surface area (Å²) in [4.78, 5) is 23.7. The molecule has 2 aromatic rings. The maximum atomic E-state index is 12.5. The zero-order valence-electron chi connectivity index (χ0n) is 12.8. The van der Waals surface area contributed by atoms with Gasteiger partial charge >= 0.3 is 6.18 Å². The van der Waals surface area contributed by atoms with E-state index in [1.807, 2.05) is 0 Å². The molecular formula is C17H14ClF3N2O2. The van der Waals surface area contributed by atoms with E-state index >= 15 is 0 Å². The van der Waals surface area contributed by atoms with Crippen LogP contribution in [0.3, 0.4) is 0 Å². The van der Waals surface area contributed by atoms with E-state index in [1.54, 1.807) is 30.3 Å². The molecule has 2 aromatic carbocycles. The third kappa shape index (κ3) is 5.49. The topological polar surface area (TPSA) is 58.2 Å². The van der Waals surface area contributed by atoms with Gasteiger partial charge in [-0.05, 0) is 29.8 Å². The second-order valence-corrected chi connectivity index (χ2v) is 5.55. The summed E-state index contributed by atoms with van der Waals surface area (Å²) in [5.74, 6) is -1.12. The molecule has 132 valence electrons. The van der Waals surface area contributed by atoms with Gasteiger partial charge in [-0.15, -0.1) is 11.6 Å². The molecule has 1 atom stereocenters. The molecular weight excluding hydrogens is 357 g/mol. The highest BCUT2D eigenvalue weighted by Gasteiger charge is 2.30. The van der Waals surface area contributed by atoms with E-state index in [0.29, 0.717) is 5.56 Å². The minimum Gasteiger partial charge on any atom is -0.345 e. The zero-order chi connectivity index (χ0) is 18.4. The van der Waals surface area contributed by atoms with Crippen molar-refractivity contribution in [2.24, 2.45) is 0 Å². The van der Waals surface area contributed by atoms with Crippen molar-refractivity contribution in [3.05, 3.63) is 65.7 Å². The highest BCUT2D eigenvalue weighted by Crippen LogP contribution is 2.29. The minimum atomic E-state index is -4.44. The van der Waals surface area contributed by atoms with Crippen molar-refractivity contribution in [1.82, 2.24) is 5.32 Å². The average molecular weight is 371 g/mol. The number of hydrogen-bond acceptors (Lipinski definition) is 2. The Morgan fingerprint density at radius 2 is 1.60 bits per heavy atom. The summed E-state index contributed by atoms with van der Waals surface area (Å²) in [6.45, 7) is -0.351. The molecule has 0 heterocycles. The lowest BCUT2D eigenvalue weighted by Gasteiger charge is -2.11. The second kappa shape index (κ2) is 8.02. The lowest BCUT2D eigenvalue weighted by atomic mass is 10.1. The fraction of sp³-hybridized carbons (Fsp3) is 0.176. The van der Waals surface area contributed by atoms with Crippen LogP contribution in [0.4, 0.5) is 18.9 Å². The van der Waals surface area contributed by atoms with Crippen LogP contribution in [0.1, 0.15) is 16.5 Å². The Morgan fingerprint density at radius 3 is 2.16 bits per heavy atom. The van der Waals surface area contributed by atoms with E-state index in [9.17, 15) is 22.8 Å². The summed E-state index contributed by atoms with van der Waals surface area (Å²) in [6, 6.07) is 12.6. The lowest BCUT2D eigenvalue weighted by Crippen LogP contribution is -2.34. The predicted octanol–water partition coefficient (Wildman–Crippen LogP) is 3.74. The summed E-state index contributed by atoms with van der Waals surface area (Å²) in [7, 11) is 0. The van der Waals surface area contributed by atoms with Gasteiger partial charge in [0.05, 0.1) is 12.1 Å². The fourth-order valence-electron chi connectivity index (χ4n) is 1.98. The van der Waals surface area contributed by atoms with Crippen LogP contribution in [-0.2, 0) is 15.8 Å². The number of benzene rings is 2. The molecule has 4 nitrogen and oxygen atoms in total. The number of rotatable bonds is 5. The zero-order valence-corrected chi connectivity index (χ0v) is 13.6. The highest BCUT2D eigenvalue weighted by atomic mass is 35.5. The molecule has 0 aliphatic heterocycles. The smallest absolute Gasteiger partial charge is 0.345 e. The molecule has 0 radical (unpaired) electrons. The summed E-state index contributed by atoms with van der Waals surface area (Å²) in [6.07, 6.45) is -4.44. The monoisotopic (exact) mass is 370 g/mol. The Labute approximate surface area is 147 Å². The first-order chi connectivity index (χ1) is 11.8. The van der Waals surface area contributed by atoms with Gasteiger partial charge < -0.3 is 10.6 Å². The Morgan fingerprint density at radius 1 is 1.00 bits per heavy atom. The number of amides is 2. The third-order valence-electron chi connectivity index (χ3n) is 3.24. The minimum absolute atomic E-state index is 0.192. The van der Waals surface area contributed by atoms with Gasteiger partial charge in [0.2, 0.25) is 11.8 Å². The van der Waals surface area contributed by atoms with E-state index in [2.05, 4.69) is 10.6 Å². The van der Waals surface area contributed by atoms with Crippen molar-refractivity contribution in [3.8, 4) is 0 Å². The van der Waals surface area contributed by atoms with Crippen LogP contribution in [0.5, 0.6) is 0 Å². The molecule has 8 heteroatoms. The van der Waals surface area contributed by atoms with Crippen LogP contribution >= 0.6 is 11.6 Å². The molecule has 0 aromatic heterocycles. The molecule has 25 heavy (non-hydrogen) atoms. The van der Waals surface area contributed by atoms with Gasteiger partial charge in [-0.1, -0.05) is 30.3 Å². The van der Waals surface area contributed by atoms with Gasteiger partial charge in [0.1, 0.15) is 5.38 Å². The van der Waals surface area contributed by atoms with Gasteiger partial charge in [0, 0.05) is 5.69 Å². The first-order valence-electron chi connectivity index (χ1n) is 7.21. The molecule has 0 bridgehead atoms. The van der Waals surface area contributed by atoms with E-state index in [1.165, 1.54) is 0 Å². The third-order valence-corrected chi connectivity index (χ3v) is 3.69. The number of hydrogen-bond donors (Lipinski definition) is 2. The Hall–Kier alpha value is -2.54. The van der Waals surface area contributed by atoms with Crippen molar-refractivity contribution >= 4 is 29.1 Å². The van der Waals surface area contributed by atoms with E-state index < -0.39 is 28.9 Å². The van der Waals surface area contributed by atoms with Crippen LogP contribution in [0.15, 0.2) is 54.6 Å². The maximum Gasteiger partial charge on any atom is 0.416 e. The Kier molecular flexibility index (Phi) is 6.03. The quantitative estimate of drug-likeness (QED) is 0.788. The maximum absolute atomic E-state index is 12.5. The molecule has 2 amide bonds. The number of nitrogens with one attached hydrogen (secondary N) is 2. The van der Waals surface area contributed by atoms with Crippen LogP contribution in [0.2, 0.25) is 0 Å². The van der Waals surface area contributed by atoms with Gasteiger partial charge in [-0.25, -0.2) is 0 Å². The molecule has 0 aliphatic carbocycles. The standard InChI is InChI=1S/C17H14ClF3N2O2/c18-15(11-4-2-1-3-5-11)16(25)22-10-14(24)23-13-8-6-12(7-9-13)17(19,20)21/h1-9,15H,10H2,(H,22,25)(H,23,24). The first-order valence-corrected chi connectivity index (χ1v) is 7.65. The number of anilines is 1. The number of carbonyl (C=O) groups excluding carboxylic acids is 2. The van der Waals surface area contributed by atoms with E-state index in [0.717, 1.165) is 24.3 Å². The molecule has 0 fully saturated rings. The summed E-state index contributed by atoms with van der Waals surface area (Å²) in [5, 5.41) is 3.82. The van der Waals surface area contributed by atoms with E-state index in [4.69, 9.17) is 11.6 Å². The van der Waals surface area contributed by atoms with Gasteiger partial charge in [-0.3, -0.25) is 9.59 Å². The molecule has 0 spiro atoms. The molecule has 1 unspecified atom stereocenters. The van der Waals surface area contributed by atoms with Crippen molar-refractivity contribution in [2.45, 2.75) is 11.6 Å². The Balaban J connectivity index is 1.85. The van der Waals surface area contributed by atoms with Gasteiger partial charge in [-0.2, -0.15) is 13.2 Å². The fourth-order valence-corrected chi connectivity index (χ4v) is 2.20. The lowest BCUT2D eigenvalue weighted by molar-refractivity contribution is -0.137. The van der Waals surface area contributed by atoms with Crippen molar-refractivity contribution in [3.63, 3.8) is 0 Å². The molecule has 0 saturated carbocycles. The first kappa shape index (κ1) is 18.8. The number of alkyl halides is 4. The summed E-state index contributed by atoms with van der Waals surface area (Å²) < 4.78 is 37.4. The van der Waals surface area contributed by atoms with Gasteiger partial charge in [0.15, 0.2) is 0 Å². The second-order valence-electron chi connectivity index (χ2n) is 5.11.